The third-order valence-corrected chi connectivity index (χ3v) is 10.1. The van der Waals surface area contributed by atoms with Gasteiger partial charge in [0.15, 0.2) is 5.82 Å². The second-order valence-electron chi connectivity index (χ2n) is 13.4. The minimum Gasteiger partial charge on any atom is -0.307 e. The highest BCUT2D eigenvalue weighted by Gasteiger charge is 2.26. The first-order valence-electron chi connectivity index (χ1n) is 36.9. The van der Waals surface area contributed by atoms with E-state index in [9.17, 15) is 31.5 Å². The van der Waals surface area contributed by atoms with Crippen LogP contribution in [-0.2, 0) is 0 Å². The summed E-state index contributed by atoms with van der Waals surface area (Å²) < 4.78 is 347. The predicted molar refractivity (Wildman–Crippen MR) is 261 cm³/mol. The molecular formula is C58H37N5. The molecule has 0 spiro atoms. The van der Waals surface area contributed by atoms with Gasteiger partial charge in [0, 0.05) is 49.0 Å². The smallest absolute Gasteiger partial charge is 0.160 e. The number of para-hydroxylation sites is 6. The van der Waals surface area contributed by atoms with Gasteiger partial charge in [0.25, 0.3) is 0 Å². The van der Waals surface area contributed by atoms with Gasteiger partial charge in [-0.25, -0.2) is 9.97 Å². The highest BCUT2D eigenvalue weighted by molar-refractivity contribution is 6.14. The van der Waals surface area contributed by atoms with Crippen LogP contribution in [0.2, 0.25) is 0 Å². The molecule has 5 nitrogen and oxygen atoms in total. The van der Waals surface area contributed by atoms with Crippen LogP contribution in [-0.4, -0.2) is 23.7 Å². The molecule has 0 fully saturated rings. The molecule has 0 aliphatic rings. The highest BCUT2D eigenvalue weighted by Crippen LogP contribution is 2.45. The molecule has 0 atom stereocenters. The summed E-state index contributed by atoms with van der Waals surface area (Å²) in [6.45, 7) is 0. The summed E-state index contributed by atoms with van der Waals surface area (Å²) in [5.74, 6) is -1.12. The zero-order chi connectivity index (χ0) is 73.6. The first-order chi connectivity index (χ1) is 46.7. The van der Waals surface area contributed by atoms with E-state index in [0.29, 0.717) is 13.7 Å². The van der Waals surface area contributed by atoms with Gasteiger partial charge in [-0.05, 0) is 54.4 Å². The van der Waals surface area contributed by atoms with Crippen LogP contribution in [0, 0.1) is 0 Å². The average Bonchev–Trinajstić information content (AvgIpc) is 1.49. The summed E-state index contributed by atoms with van der Waals surface area (Å²) in [6, 6.07) is -41.6. The standard InChI is InChI=1S/C58H37N5/c1-3-19-38(20-4-1)47-37-48(60-58(59-47)39-21-5-2-6-22-39)40-35-55(61-49-29-13-7-23-41(49)42-24-8-14-30-50(42)61)57(63-53-33-17-11-27-45(53)46-28-12-18-34-54(46)63)56(36-40)62-51-31-15-9-25-43(51)44-26-10-16-32-52(44)62/h1-37H/i1D,2D,3D,4D,5D,6D,7D,8D,9D,10D,11D,12D,13D,14D,15D,16D,17D,18D,19D,20D,21D,22D,23D,24D,25D,26D,27D,28D,29D,30D,31D,32D,33D,34D,35D,36D,37D. The topological polar surface area (TPSA) is 40.6 Å². The molecule has 0 radical (unpaired) electrons. The Labute approximate surface area is 415 Å². The maximum absolute atomic E-state index is 11.1. The van der Waals surface area contributed by atoms with Gasteiger partial charge >= 0.3 is 0 Å². The molecule has 0 aliphatic heterocycles. The molecule has 0 N–H and O–H groups in total. The van der Waals surface area contributed by atoms with Crippen LogP contribution in [0.25, 0.3) is 116 Å². The number of hydrogen-bond acceptors (Lipinski definition) is 2. The average molecular weight is 841 g/mol. The van der Waals surface area contributed by atoms with Crippen LogP contribution in [0.1, 0.15) is 50.7 Å². The quantitative estimate of drug-likeness (QED) is 0.167. The van der Waals surface area contributed by atoms with E-state index >= 15 is 0 Å². The molecule has 5 heteroatoms. The third-order valence-electron chi connectivity index (χ3n) is 10.1. The largest absolute Gasteiger partial charge is 0.307 e. The van der Waals surface area contributed by atoms with Crippen LogP contribution in [0.15, 0.2) is 224 Å². The summed E-state index contributed by atoms with van der Waals surface area (Å²) in [5, 5.41) is -4.76. The summed E-state index contributed by atoms with van der Waals surface area (Å²) >= 11 is 0. The fourth-order valence-corrected chi connectivity index (χ4v) is 7.57. The van der Waals surface area contributed by atoms with Crippen LogP contribution in [0.4, 0.5) is 0 Å². The molecule has 9 aromatic carbocycles. The number of rotatable bonds is 6. The Morgan fingerprint density at radius 2 is 0.587 bits per heavy atom. The van der Waals surface area contributed by atoms with Crippen molar-refractivity contribution in [3.05, 3.63) is 224 Å². The van der Waals surface area contributed by atoms with Gasteiger partial charge in [-0.2, -0.15) is 0 Å². The van der Waals surface area contributed by atoms with E-state index in [4.69, 9.17) is 19.2 Å². The van der Waals surface area contributed by atoms with Crippen molar-refractivity contribution in [1.29, 1.82) is 0 Å². The summed E-state index contributed by atoms with van der Waals surface area (Å²) in [5.41, 5.74) is -15.1. The van der Waals surface area contributed by atoms with E-state index in [0.717, 1.165) is 0 Å². The van der Waals surface area contributed by atoms with Crippen molar-refractivity contribution >= 4 is 65.4 Å². The molecule has 0 bridgehead atoms. The second kappa shape index (κ2) is 14.0. The second-order valence-corrected chi connectivity index (χ2v) is 13.4. The Bertz CT molecular complexity index is 5650. The van der Waals surface area contributed by atoms with E-state index in [2.05, 4.69) is 9.97 Å². The highest BCUT2D eigenvalue weighted by atomic mass is 15.1. The van der Waals surface area contributed by atoms with Crippen molar-refractivity contribution < 1.29 is 50.7 Å². The van der Waals surface area contributed by atoms with Gasteiger partial charge in [0.2, 0.25) is 0 Å². The fraction of sp³-hybridized carbons (Fsp3) is 0. The predicted octanol–water partition coefficient (Wildman–Crippen LogP) is 14.8. The number of benzene rings is 9. The molecule has 13 aromatic rings. The molecular weight excluding hydrogens is 767 g/mol. The third kappa shape index (κ3) is 5.43. The summed E-state index contributed by atoms with van der Waals surface area (Å²) in [4.78, 5) is 8.84. The molecule has 13 rings (SSSR count). The number of hydrogen-bond donors (Lipinski definition) is 0. The van der Waals surface area contributed by atoms with Crippen LogP contribution in [0.3, 0.4) is 0 Å². The number of aromatic nitrogens is 5. The molecule has 0 saturated carbocycles. The van der Waals surface area contributed by atoms with Gasteiger partial charge in [-0.1, -0.05) is 169 Å². The van der Waals surface area contributed by atoms with E-state index in [1.165, 1.54) is 0 Å². The van der Waals surface area contributed by atoms with Crippen molar-refractivity contribution in [3.8, 4) is 51.0 Å². The number of fused-ring (bicyclic) bond motifs is 9. The van der Waals surface area contributed by atoms with E-state index < -0.39 is 340 Å². The molecule has 0 aliphatic carbocycles. The van der Waals surface area contributed by atoms with E-state index in [1.54, 1.807) is 0 Å². The van der Waals surface area contributed by atoms with Gasteiger partial charge in [-0.3, -0.25) is 0 Å². The van der Waals surface area contributed by atoms with Crippen LogP contribution >= 0.6 is 0 Å². The lowest BCUT2D eigenvalue weighted by atomic mass is 10.0. The van der Waals surface area contributed by atoms with Crippen LogP contribution in [0.5, 0.6) is 0 Å². The van der Waals surface area contributed by atoms with Crippen molar-refractivity contribution in [2.45, 2.75) is 0 Å². The minimum absolute atomic E-state index is 0.551. The monoisotopic (exact) mass is 841 g/mol. The summed E-state index contributed by atoms with van der Waals surface area (Å²) in [6.07, 6.45) is 0. The zero-order valence-electron chi connectivity index (χ0n) is 68.2. The molecule has 4 aromatic heterocycles. The minimum atomic E-state index is -1.46. The van der Waals surface area contributed by atoms with Crippen LogP contribution < -0.4 is 0 Å². The first-order valence-corrected chi connectivity index (χ1v) is 18.4. The Balaban J connectivity index is 1.50. The fourth-order valence-electron chi connectivity index (χ4n) is 7.57. The Kier molecular flexibility index (Phi) is 3.23. The summed E-state index contributed by atoms with van der Waals surface area (Å²) in [7, 11) is 0. The maximum atomic E-state index is 11.1. The van der Waals surface area contributed by atoms with Gasteiger partial charge in [0.1, 0.15) is 0 Å². The first kappa shape index (κ1) is 14.5. The molecule has 0 unspecified atom stereocenters. The molecule has 4 heterocycles. The van der Waals surface area contributed by atoms with Crippen molar-refractivity contribution in [2.24, 2.45) is 0 Å². The zero-order valence-corrected chi connectivity index (χ0v) is 31.2. The lowest BCUT2D eigenvalue weighted by molar-refractivity contribution is 1.05. The molecule has 0 saturated heterocycles. The lowest BCUT2D eigenvalue weighted by Crippen LogP contribution is -2.10. The van der Waals surface area contributed by atoms with Crippen molar-refractivity contribution in [3.63, 3.8) is 0 Å². The molecule has 0 amide bonds. The van der Waals surface area contributed by atoms with Gasteiger partial charge in [-0.15, -0.1) is 0 Å². The SMILES string of the molecule is [2H]c1c(-c2c([2H])c([2H])c([2H])c([2H])c2[2H])nc(-c2c([2H])c([2H])c([2H])c([2H])c2[2H])nc1-c1c([2H])c(-n2c3c([2H])c([2H])c([2H])c([2H])c3c3c([2H])c([2H])c([2H])c([2H])c32)c(-n2c3c([2H])c([2H])c([2H])c([2H])c3c3c([2H])c([2H])c([2H])c([2H])c32)c(-n2c3c([2H])c([2H])c([2H])c([2H])c3c3c([2H])c([2H])c([2H])c([2H])c32)c1[2H]. The maximum Gasteiger partial charge on any atom is 0.160 e. The van der Waals surface area contributed by atoms with Gasteiger partial charge in [0.05, 0.1) is 112 Å². The number of nitrogens with zero attached hydrogens (tertiary/aromatic N) is 5. The van der Waals surface area contributed by atoms with Crippen molar-refractivity contribution in [1.82, 2.24) is 23.7 Å². The molecule has 63 heavy (non-hydrogen) atoms. The van der Waals surface area contributed by atoms with Gasteiger partial charge < -0.3 is 13.7 Å². The lowest BCUT2D eigenvalue weighted by Gasteiger charge is -2.23. The molecule has 294 valence electrons. The van der Waals surface area contributed by atoms with E-state index in [1.807, 2.05) is 0 Å². The Hall–Kier alpha value is -8.54. The Morgan fingerprint density at radius 3 is 0.968 bits per heavy atom. The Morgan fingerprint density at radius 1 is 0.286 bits per heavy atom. The van der Waals surface area contributed by atoms with Crippen molar-refractivity contribution in [2.75, 3.05) is 0 Å². The normalized spacial score (nSPS) is 20.0. The van der Waals surface area contributed by atoms with E-state index in [-0.39, 0.29) is 0 Å².